The van der Waals surface area contributed by atoms with E-state index in [-0.39, 0.29) is 17.2 Å². The molecule has 0 fully saturated rings. The predicted molar refractivity (Wildman–Crippen MR) is 81.3 cm³/mol. The molecule has 3 nitrogen and oxygen atoms in total. The molecule has 0 N–H and O–H groups in total. The summed E-state index contributed by atoms with van der Waals surface area (Å²) in [6.07, 6.45) is 3.86. The summed E-state index contributed by atoms with van der Waals surface area (Å²) >= 11 is 1.53. The van der Waals surface area contributed by atoms with Crippen molar-refractivity contribution in [1.82, 2.24) is 0 Å². The molecular formula is C13H25O3PS. The van der Waals surface area contributed by atoms with Crippen LogP contribution in [0.1, 0.15) is 34.1 Å². The summed E-state index contributed by atoms with van der Waals surface area (Å²) in [6, 6.07) is 0. The highest BCUT2D eigenvalue weighted by Gasteiger charge is 2.37. The average molecular weight is 292 g/mol. The minimum atomic E-state index is -3.14. The van der Waals surface area contributed by atoms with E-state index in [1.54, 1.807) is 12.2 Å². The van der Waals surface area contributed by atoms with E-state index in [0.29, 0.717) is 12.2 Å². The zero-order valence-electron chi connectivity index (χ0n) is 11.8. The van der Waals surface area contributed by atoms with Crippen molar-refractivity contribution in [3.63, 3.8) is 0 Å². The van der Waals surface area contributed by atoms with Gasteiger partial charge in [-0.15, -0.1) is 24.9 Å². The van der Waals surface area contributed by atoms with E-state index in [0.717, 1.165) is 0 Å². The van der Waals surface area contributed by atoms with E-state index < -0.39 is 7.60 Å². The third-order valence-corrected chi connectivity index (χ3v) is 6.42. The van der Waals surface area contributed by atoms with Crippen molar-refractivity contribution in [2.24, 2.45) is 0 Å². The summed E-state index contributed by atoms with van der Waals surface area (Å²) in [5, 5.41) is 0. The Morgan fingerprint density at radius 3 is 1.94 bits per heavy atom. The van der Waals surface area contributed by atoms with E-state index in [9.17, 15) is 4.57 Å². The molecule has 0 saturated carbocycles. The van der Waals surface area contributed by atoms with Gasteiger partial charge >= 0.3 is 7.60 Å². The second-order valence-corrected chi connectivity index (χ2v) is 8.16. The van der Waals surface area contributed by atoms with E-state index >= 15 is 0 Å². The van der Waals surface area contributed by atoms with Crippen LogP contribution in [0.4, 0.5) is 0 Å². The van der Waals surface area contributed by atoms with Gasteiger partial charge in [0.1, 0.15) is 4.99 Å². The summed E-state index contributed by atoms with van der Waals surface area (Å²) in [5.41, 5.74) is 0. The van der Waals surface area contributed by atoms with Crippen LogP contribution in [0.2, 0.25) is 0 Å². The molecule has 18 heavy (non-hydrogen) atoms. The van der Waals surface area contributed by atoms with Crippen molar-refractivity contribution in [2.45, 2.75) is 51.3 Å². The summed E-state index contributed by atoms with van der Waals surface area (Å²) < 4.78 is 24.1. The van der Waals surface area contributed by atoms with Gasteiger partial charge in [-0.1, -0.05) is 12.2 Å². The number of hydrogen-bond donors (Lipinski definition) is 0. The molecule has 0 spiro atoms. The first-order valence-corrected chi connectivity index (χ1v) is 8.81. The number of allylic oxidation sites excluding steroid dienone is 1. The predicted octanol–water partition coefficient (Wildman–Crippen LogP) is 4.85. The Morgan fingerprint density at radius 2 is 1.61 bits per heavy atom. The zero-order chi connectivity index (χ0) is 14.2. The highest BCUT2D eigenvalue weighted by Crippen LogP contribution is 2.60. The normalized spacial score (nSPS) is 13.9. The molecule has 0 rings (SSSR count). The zero-order valence-corrected chi connectivity index (χ0v) is 13.5. The number of hydrogen-bond acceptors (Lipinski definition) is 4. The fourth-order valence-electron chi connectivity index (χ4n) is 1.36. The van der Waals surface area contributed by atoms with Crippen LogP contribution >= 0.6 is 19.4 Å². The van der Waals surface area contributed by atoms with Crippen molar-refractivity contribution in [1.29, 1.82) is 0 Å². The van der Waals surface area contributed by atoms with Crippen molar-refractivity contribution in [3.8, 4) is 0 Å². The Morgan fingerprint density at radius 1 is 1.11 bits per heavy atom. The molecule has 1 atom stereocenters. The van der Waals surface area contributed by atoms with Crippen LogP contribution in [0, 0.1) is 0 Å². The molecule has 106 valence electrons. The summed E-state index contributed by atoms with van der Waals surface area (Å²) in [7, 11) is -3.14. The smallest absolute Gasteiger partial charge is 0.305 e. The minimum absolute atomic E-state index is 0.133. The fourth-order valence-corrected chi connectivity index (χ4v) is 5.18. The molecule has 1 unspecified atom stereocenters. The molecule has 0 aromatic carbocycles. The Labute approximate surface area is 116 Å². The first-order chi connectivity index (χ1) is 8.35. The summed E-state index contributed by atoms with van der Waals surface area (Å²) in [4.78, 5) is -0.224. The van der Waals surface area contributed by atoms with Gasteiger partial charge < -0.3 is 9.05 Å². The molecule has 5 heteroatoms. The quantitative estimate of drug-likeness (QED) is 0.426. The molecule has 0 aliphatic heterocycles. The van der Waals surface area contributed by atoms with Crippen molar-refractivity contribution in [2.75, 3.05) is 5.75 Å². The first-order valence-electron chi connectivity index (χ1n) is 6.15. The van der Waals surface area contributed by atoms with Crippen LogP contribution in [0.15, 0.2) is 25.3 Å². The van der Waals surface area contributed by atoms with Gasteiger partial charge in [0.25, 0.3) is 0 Å². The summed E-state index contributed by atoms with van der Waals surface area (Å²) in [5.74, 6) is 0.714. The topological polar surface area (TPSA) is 35.5 Å². The van der Waals surface area contributed by atoms with Crippen LogP contribution in [-0.4, -0.2) is 23.0 Å². The molecule has 0 aromatic rings. The van der Waals surface area contributed by atoms with Gasteiger partial charge in [-0.25, -0.2) is 0 Å². The molecule has 0 bridgehead atoms. The van der Waals surface area contributed by atoms with Crippen molar-refractivity contribution in [3.05, 3.63) is 25.3 Å². The Balaban J connectivity index is 4.99. The van der Waals surface area contributed by atoms with E-state index in [2.05, 4.69) is 13.2 Å². The average Bonchev–Trinajstić information content (AvgIpc) is 2.21. The Kier molecular flexibility index (Phi) is 8.97. The third-order valence-electron chi connectivity index (χ3n) is 1.84. The van der Waals surface area contributed by atoms with Gasteiger partial charge in [-0.05, 0) is 34.1 Å². The standard InChI is InChI=1S/C13H25O3PS/c1-7-9-13(18-10-8-2)17(14,15-11(3)4)16-12(5)6/h7-8,11-13H,1-2,9-10H2,3-6H3. The lowest BCUT2D eigenvalue weighted by Crippen LogP contribution is -2.16. The SMILES string of the molecule is C=CCSC(CC=C)P(=O)(OC(C)C)OC(C)C. The van der Waals surface area contributed by atoms with Crippen LogP contribution in [0.3, 0.4) is 0 Å². The van der Waals surface area contributed by atoms with E-state index in [4.69, 9.17) is 9.05 Å². The van der Waals surface area contributed by atoms with Crippen LogP contribution in [0.5, 0.6) is 0 Å². The third kappa shape index (κ3) is 6.79. The Bertz CT molecular complexity index is 289. The Hall–Kier alpha value is -0.0200. The first kappa shape index (κ1) is 18.0. The lowest BCUT2D eigenvalue weighted by atomic mass is 10.5. The van der Waals surface area contributed by atoms with Gasteiger partial charge in [-0.2, -0.15) is 0 Å². The molecule has 0 aliphatic carbocycles. The molecule has 0 aliphatic rings. The van der Waals surface area contributed by atoms with Crippen molar-refractivity contribution < 1.29 is 13.6 Å². The summed E-state index contributed by atoms with van der Waals surface area (Å²) in [6.45, 7) is 14.8. The van der Waals surface area contributed by atoms with Gasteiger partial charge in [0.2, 0.25) is 0 Å². The molecule has 0 amide bonds. The molecule has 0 saturated heterocycles. The highest BCUT2D eigenvalue weighted by molar-refractivity contribution is 8.05. The lowest BCUT2D eigenvalue weighted by molar-refractivity contribution is 0.141. The maximum Gasteiger partial charge on any atom is 0.344 e. The largest absolute Gasteiger partial charge is 0.344 e. The second kappa shape index (κ2) is 8.98. The maximum atomic E-state index is 12.9. The van der Waals surface area contributed by atoms with Crippen molar-refractivity contribution >= 4 is 19.4 Å². The van der Waals surface area contributed by atoms with Crippen LogP contribution < -0.4 is 0 Å². The number of thioether (sulfide) groups is 1. The second-order valence-electron chi connectivity index (χ2n) is 4.45. The fraction of sp³-hybridized carbons (Fsp3) is 0.692. The molecule has 0 heterocycles. The maximum absolute atomic E-state index is 12.9. The van der Waals surface area contributed by atoms with Crippen LogP contribution in [0.25, 0.3) is 0 Å². The highest BCUT2D eigenvalue weighted by atomic mass is 32.2. The van der Waals surface area contributed by atoms with Gasteiger partial charge in [0, 0.05) is 5.75 Å². The van der Waals surface area contributed by atoms with E-state index in [1.165, 1.54) is 11.8 Å². The number of rotatable bonds is 10. The van der Waals surface area contributed by atoms with Gasteiger partial charge in [0.15, 0.2) is 0 Å². The molecule has 0 radical (unpaired) electrons. The molecule has 0 aromatic heterocycles. The van der Waals surface area contributed by atoms with Gasteiger partial charge in [0.05, 0.1) is 12.2 Å². The minimum Gasteiger partial charge on any atom is -0.305 e. The van der Waals surface area contributed by atoms with E-state index in [1.807, 2.05) is 27.7 Å². The monoisotopic (exact) mass is 292 g/mol. The molecular weight excluding hydrogens is 267 g/mol. The van der Waals surface area contributed by atoms with Gasteiger partial charge in [-0.3, -0.25) is 4.57 Å². The lowest BCUT2D eigenvalue weighted by Gasteiger charge is -2.28. The van der Waals surface area contributed by atoms with Crippen LogP contribution in [-0.2, 0) is 13.6 Å².